The number of carbonyl (C=O) groups is 2. The standard InChI is InChI=1S/C24H26ClNO5/c1-16-23(24(28)31-15-18-6-4-5-7-21(18)30-3)20(17-8-10-19(25)11-9-17)14-22(27)26(16)12-13-29-2/h4-11,20H,12-15H2,1-3H3. The van der Waals surface area contributed by atoms with E-state index in [0.29, 0.717) is 35.2 Å². The summed E-state index contributed by atoms with van der Waals surface area (Å²) >= 11 is 6.03. The van der Waals surface area contributed by atoms with E-state index in [1.165, 1.54) is 0 Å². The van der Waals surface area contributed by atoms with Gasteiger partial charge in [-0.05, 0) is 30.7 Å². The summed E-state index contributed by atoms with van der Waals surface area (Å²) in [6.45, 7) is 2.59. The Balaban J connectivity index is 1.92. The Bertz CT molecular complexity index is 970. The monoisotopic (exact) mass is 443 g/mol. The highest BCUT2D eigenvalue weighted by molar-refractivity contribution is 6.30. The highest BCUT2D eigenvalue weighted by atomic mass is 35.5. The lowest BCUT2D eigenvalue weighted by atomic mass is 9.83. The van der Waals surface area contributed by atoms with Gasteiger partial charge in [-0.15, -0.1) is 0 Å². The second kappa shape index (κ2) is 10.5. The molecule has 3 rings (SSSR count). The van der Waals surface area contributed by atoms with E-state index in [0.717, 1.165) is 11.1 Å². The van der Waals surface area contributed by atoms with Crippen LogP contribution in [0.5, 0.6) is 5.75 Å². The van der Waals surface area contributed by atoms with Crippen molar-refractivity contribution in [1.82, 2.24) is 4.90 Å². The van der Waals surface area contributed by atoms with Gasteiger partial charge < -0.3 is 19.1 Å². The molecule has 0 saturated carbocycles. The van der Waals surface area contributed by atoms with E-state index in [1.54, 1.807) is 38.2 Å². The molecule has 1 amide bonds. The van der Waals surface area contributed by atoms with Crippen molar-refractivity contribution in [2.24, 2.45) is 0 Å². The first-order valence-electron chi connectivity index (χ1n) is 10.0. The number of ether oxygens (including phenoxy) is 3. The first-order chi connectivity index (χ1) is 15.0. The minimum Gasteiger partial charge on any atom is -0.496 e. The van der Waals surface area contributed by atoms with Crippen molar-refractivity contribution < 1.29 is 23.8 Å². The Labute approximate surface area is 187 Å². The van der Waals surface area contributed by atoms with E-state index in [4.69, 9.17) is 25.8 Å². The van der Waals surface area contributed by atoms with Crippen molar-refractivity contribution in [1.29, 1.82) is 0 Å². The van der Waals surface area contributed by atoms with Crippen molar-refractivity contribution in [2.45, 2.75) is 25.9 Å². The molecule has 2 aromatic rings. The average molecular weight is 444 g/mol. The summed E-state index contributed by atoms with van der Waals surface area (Å²) in [5.74, 6) is -0.279. The molecule has 1 unspecified atom stereocenters. The van der Waals surface area contributed by atoms with Gasteiger partial charge in [0.25, 0.3) is 0 Å². The third-order valence-corrected chi connectivity index (χ3v) is 5.64. The van der Waals surface area contributed by atoms with Gasteiger partial charge in [-0.2, -0.15) is 0 Å². The fourth-order valence-corrected chi connectivity index (χ4v) is 3.89. The van der Waals surface area contributed by atoms with Gasteiger partial charge in [0.15, 0.2) is 0 Å². The zero-order chi connectivity index (χ0) is 22.4. The maximum atomic E-state index is 13.2. The summed E-state index contributed by atoms with van der Waals surface area (Å²) in [5, 5.41) is 0.591. The van der Waals surface area contributed by atoms with E-state index in [-0.39, 0.29) is 18.9 Å². The number of carbonyl (C=O) groups excluding carboxylic acids is 2. The van der Waals surface area contributed by atoms with Gasteiger partial charge in [-0.3, -0.25) is 4.79 Å². The normalized spacial score (nSPS) is 16.5. The third-order valence-electron chi connectivity index (χ3n) is 5.39. The number of halogens is 1. The van der Waals surface area contributed by atoms with Crippen LogP contribution in [0.1, 0.15) is 30.4 Å². The van der Waals surface area contributed by atoms with Gasteiger partial charge in [-0.25, -0.2) is 4.79 Å². The maximum Gasteiger partial charge on any atom is 0.336 e. The maximum absolute atomic E-state index is 13.2. The molecule has 1 atom stereocenters. The number of amides is 1. The fraction of sp³-hybridized carbons (Fsp3) is 0.333. The van der Waals surface area contributed by atoms with E-state index >= 15 is 0 Å². The molecule has 2 aromatic carbocycles. The molecule has 0 bridgehead atoms. The number of nitrogens with zero attached hydrogens (tertiary/aromatic N) is 1. The molecule has 1 aliphatic rings. The first-order valence-corrected chi connectivity index (χ1v) is 10.4. The summed E-state index contributed by atoms with van der Waals surface area (Å²) < 4.78 is 16.1. The SMILES string of the molecule is COCCN1C(=O)CC(c2ccc(Cl)cc2)C(C(=O)OCc2ccccc2OC)=C1C. The summed E-state index contributed by atoms with van der Waals surface area (Å²) in [6.07, 6.45) is 0.168. The largest absolute Gasteiger partial charge is 0.496 e. The van der Waals surface area contributed by atoms with Gasteiger partial charge in [0, 0.05) is 42.3 Å². The summed E-state index contributed by atoms with van der Waals surface area (Å²) in [5.41, 5.74) is 2.65. The zero-order valence-electron chi connectivity index (χ0n) is 17.9. The molecule has 7 heteroatoms. The molecule has 0 N–H and O–H groups in total. The van der Waals surface area contributed by atoms with Gasteiger partial charge in [0.05, 0.1) is 19.3 Å². The van der Waals surface area contributed by atoms with E-state index in [2.05, 4.69) is 0 Å². The van der Waals surface area contributed by atoms with Crippen LogP contribution in [0.4, 0.5) is 0 Å². The van der Waals surface area contributed by atoms with Gasteiger partial charge in [-0.1, -0.05) is 41.9 Å². The van der Waals surface area contributed by atoms with Crippen LogP contribution in [0.3, 0.4) is 0 Å². The molecule has 164 valence electrons. The predicted octanol–water partition coefficient (Wildman–Crippen LogP) is 4.33. The van der Waals surface area contributed by atoms with Crippen molar-refractivity contribution >= 4 is 23.5 Å². The second-order valence-corrected chi connectivity index (χ2v) is 7.67. The van der Waals surface area contributed by atoms with Crippen molar-refractivity contribution in [3.63, 3.8) is 0 Å². The Morgan fingerprint density at radius 1 is 1.13 bits per heavy atom. The van der Waals surface area contributed by atoms with Crippen LogP contribution in [-0.2, 0) is 25.7 Å². The van der Waals surface area contributed by atoms with E-state index in [9.17, 15) is 9.59 Å². The number of methoxy groups -OCH3 is 2. The third kappa shape index (κ3) is 5.27. The number of allylic oxidation sites excluding steroid dienone is 1. The predicted molar refractivity (Wildman–Crippen MR) is 118 cm³/mol. The van der Waals surface area contributed by atoms with Crippen LogP contribution < -0.4 is 4.74 Å². The Kier molecular flexibility index (Phi) is 7.71. The molecule has 1 aliphatic heterocycles. The smallest absolute Gasteiger partial charge is 0.336 e. The molecular formula is C24H26ClNO5. The van der Waals surface area contributed by atoms with Crippen LogP contribution in [-0.4, -0.2) is 44.1 Å². The first kappa shape index (κ1) is 22.8. The van der Waals surface area contributed by atoms with Crippen LogP contribution in [0.2, 0.25) is 5.02 Å². The van der Waals surface area contributed by atoms with Crippen LogP contribution in [0.25, 0.3) is 0 Å². The minimum atomic E-state index is -0.460. The topological polar surface area (TPSA) is 65.1 Å². The van der Waals surface area contributed by atoms with Crippen molar-refractivity contribution in [3.05, 3.63) is 76.0 Å². The lowest BCUT2D eigenvalue weighted by molar-refractivity contribution is -0.141. The summed E-state index contributed by atoms with van der Waals surface area (Å²) in [7, 11) is 3.15. The van der Waals surface area contributed by atoms with Crippen LogP contribution in [0, 0.1) is 0 Å². The molecule has 31 heavy (non-hydrogen) atoms. The Hall–Kier alpha value is -2.83. The average Bonchev–Trinajstić information content (AvgIpc) is 2.77. The van der Waals surface area contributed by atoms with Crippen molar-refractivity contribution in [3.8, 4) is 5.75 Å². The van der Waals surface area contributed by atoms with Crippen LogP contribution >= 0.6 is 11.6 Å². The quantitative estimate of drug-likeness (QED) is 0.568. The molecule has 0 spiro atoms. The highest BCUT2D eigenvalue weighted by Gasteiger charge is 2.36. The van der Waals surface area contributed by atoms with E-state index < -0.39 is 11.9 Å². The highest BCUT2D eigenvalue weighted by Crippen LogP contribution is 2.37. The minimum absolute atomic E-state index is 0.0595. The number of hydrogen-bond acceptors (Lipinski definition) is 5. The lowest BCUT2D eigenvalue weighted by Gasteiger charge is -2.34. The number of rotatable bonds is 8. The lowest BCUT2D eigenvalue weighted by Crippen LogP contribution is -2.40. The Morgan fingerprint density at radius 2 is 1.84 bits per heavy atom. The Morgan fingerprint density at radius 3 is 2.52 bits per heavy atom. The molecule has 0 aromatic heterocycles. The number of benzene rings is 2. The number of para-hydroxylation sites is 1. The van der Waals surface area contributed by atoms with E-state index in [1.807, 2.05) is 36.4 Å². The molecule has 1 heterocycles. The second-order valence-electron chi connectivity index (χ2n) is 7.23. The van der Waals surface area contributed by atoms with Crippen molar-refractivity contribution in [2.75, 3.05) is 27.4 Å². The summed E-state index contributed by atoms with van der Waals surface area (Å²) in [6, 6.07) is 14.6. The zero-order valence-corrected chi connectivity index (χ0v) is 18.6. The molecule has 0 radical (unpaired) electrons. The molecule has 6 nitrogen and oxygen atoms in total. The van der Waals surface area contributed by atoms with Gasteiger partial charge in [0.2, 0.25) is 5.91 Å². The molecule has 0 saturated heterocycles. The molecule has 0 fully saturated rings. The molecule has 0 aliphatic carbocycles. The van der Waals surface area contributed by atoms with Gasteiger partial charge >= 0.3 is 5.97 Å². The number of hydrogen-bond donors (Lipinski definition) is 0. The van der Waals surface area contributed by atoms with Crippen LogP contribution in [0.15, 0.2) is 59.8 Å². The molecular weight excluding hydrogens is 418 g/mol. The van der Waals surface area contributed by atoms with Gasteiger partial charge in [0.1, 0.15) is 12.4 Å². The fourth-order valence-electron chi connectivity index (χ4n) is 3.76. The number of esters is 1. The summed E-state index contributed by atoms with van der Waals surface area (Å²) in [4.78, 5) is 27.7.